The fourth-order valence-corrected chi connectivity index (χ4v) is 8.42. The molecular weight excluding hydrogens is 478 g/mol. The summed E-state index contributed by atoms with van der Waals surface area (Å²) < 4.78 is 31.5. The molecule has 0 aliphatic rings. The van der Waals surface area contributed by atoms with E-state index >= 15 is 0 Å². The summed E-state index contributed by atoms with van der Waals surface area (Å²) in [5, 5.41) is 2.93. The van der Waals surface area contributed by atoms with E-state index in [2.05, 4.69) is 5.32 Å². The van der Waals surface area contributed by atoms with Gasteiger partial charge in [-0.1, -0.05) is 13.8 Å². The molecule has 2 unspecified atom stereocenters. The van der Waals surface area contributed by atoms with Crippen LogP contribution in [0.4, 0.5) is 0 Å². The third-order valence-electron chi connectivity index (χ3n) is 3.79. The maximum absolute atomic E-state index is 11.8. The first-order chi connectivity index (χ1) is 15.1. The molecule has 0 rings (SSSR count). The Kier molecular flexibility index (Phi) is 11.9. The summed E-state index contributed by atoms with van der Waals surface area (Å²) in [5.74, 6) is -5.33. The Bertz CT molecular complexity index is 628. The minimum absolute atomic E-state index is 0.0707. The van der Waals surface area contributed by atoms with E-state index in [0.717, 1.165) is 41.5 Å². The van der Waals surface area contributed by atoms with Crippen molar-refractivity contribution in [3.63, 3.8) is 0 Å². The van der Waals surface area contributed by atoms with Crippen LogP contribution < -0.4 is 5.32 Å². The summed E-state index contributed by atoms with van der Waals surface area (Å²) in [6.45, 7) is 9.43. The second-order valence-electron chi connectivity index (χ2n) is 6.86. The molecule has 2 atom stereocenters. The van der Waals surface area contributed by atoms with Gasteiger partial charge in [0.1, 0.15) is 11.3 Å². The SMILES string of the molecule is CCC(NC(CC)[Si](OC(C)=O)(OC(C)=O)OC(C)=O)[Si](OC(C)=O)(OC(C)=O)OC(C)=O. The van der Waals surface area contributed by atoms with E-state index < -0.39 is 64.8 Å². The van der Waals surface area contributed by atoms with Gasteiger partial charge < -0.3 is 26.6 Å². The van der Waals surface area contributed by atoms with E-state index in [0.29, 0.717) is 0 Å². The molecule has 0 radical (unpaired) electrons. The van der Waals surface area contributed by atoms with Crippen LogP contribution in [0.5, 0.6) is 0 Å². The molecule has 15 heteroatoms. The van der Waals surface area contributed by atoms with Crippen LogP contribution in [0.2, 0.25) is 0 Å². The lowest BCUT2D eigenvalue weighted by atomic mass is 10.4. The normalized spacial score (nSPS) is 13.1. The van der Waals surface area contributed by atoms with Crippen molar-refractivity contribution in [2.24, 2.45) is 0 Å². The van der Waals surface area contributed by atoms with Crippen molar-refractivity contribution in [1.82, 2.24) is 5.32 Å². The minimum Gasteiger partial charge on any atom is -0.454 e. The largest absolute Gasteiger partial charge is 0.723 e. The van der Waals surface area contributed by atoms with E-state index in [4.69, 9.17) is 26.6 Å². The maximum Gasteiger partial charge on any atom is 0.723 e. The molecule has 0 saturated carbocycles. The second-order valence-corrected chi connectivity index (χ2v) is 11.9. The van der Waals surface area contributed by atoms with Crippen molar-refractivity contribution in [2.75, 3.05) is 0 Å². The smallest absolute Gasteiger partial charge is 0.454 e. The monoisotopic (exact) mass is 509 g/mol. The molecule has 0 amide bonds. The molecule has 0 fully saturated rings. The van der Waals surface area contributed by atoms with Crippen LogP contribution in [0.3, 0.4) is 0 Å². The molecule has 33 heavy (non-hydrogen) atoms. The van der Waals surface area contributed by atoms with Gasteiger partial charge in [0.05, 0.1) is 0 Å². The van der Waals surface area contributed by atoms with Gasteiger partial charge in [0.25, 0.3) is 35.8 Å². The van der Waals surface area contributed by atoms with Gasteiger partial charge in [0.15, 0.2) is 0 Å². The number of nitrogens with one attached hydrogen (secondary N) is 1. The number of hydrogen-bond donors (Lipinski definition) is 1. The van der Waals surface area contributed by atoms with Crippen molar-refractivity contribution in [2.45, 2.75) is 79.6 Å². The molecule has 0 saturated heterocycles. The lowest BCUT2D eigenvalue weighted by molar-refractivity contribution is -0.151. The third kappa shape index (κ3) is 9.71. The van der Waals surface area contributed by atoms with Gasteiger partial charge in [-0.3, -0.25) is 34.1 Å². The van der Waals surface area contributed by atoms with Crippen LogP contribution in [0, 0.1) is 0 Å². The molecular formula is C18H31NO12Si2. The third-order valence-corrected chi connectivity index (χ3v) is 10.1. The Labute approximate surface area is 194 Å². The summed E-state index contributed by atoms with van der Waals surface area (Å²) in [6.07, 6.45) is 0.141. The lowest BCUT2D eigenvalue weighted by Gasteiger charge is -2.37. The molecule has 0 aliphatic carbocycles. The van der Waals surface area contributed by atoms with Crippen molar-refractivity contribution < 1.29 is 55.3 Å². The molecule has 0 aliphatic heterocycles. The predicted octanol–water partition coefficient (Wildman–Crippen LogP) is 0.468. The zero-order chi connectivity index (χ0) is 26.0. The fourth-order valence-electron chi connectivity index (χ4n) is 2.94. The molecule has 1 N–H and O–H groups in total. The quantitative estimate of drug-likeness (QED) is 0.360. The number of hydrogen-bond acceptors (Lipinski definition) is 13. The minimum atomic E-state index is -4.45. The summed E-state index contributed by atoms with van der Waals surface area (Å²) >= 11 is 0. The molecule has 0 aromatic carbocycles. The van der Waals surface area contributed by atoms with Crippen LogP contribution >= 0.6 is 0 Å². The Morgan fingerprint density at radius 1 is 0.515 bits per heavy atom. The first-order valence-electron chi connectivity index (χ1n) is 10.1. The first-order valence-corrected chi connectivity index (χ1v) is 13.7. The Morgan fingerprint density at radius 2 is 0.697 bits per heavy atom. The highest BCUT2D eigenvalue weighted by Crippen LogP contribution is 2.25. The summed E-state index contributed by atoms with van der Waals surface area (Å²) in [6, 6.07) is 0. The highest BCUT2D eigenvalue weighted by molar-refractivity contribution is 6.69. The number of rotatable bonds is 12. The fraction of sp³-hybridized carbons (Fsp3) is 0.667. The number of carbonyl (C=O) groups is 6. The van der Waals surface area contributed by atoms with Gasteiger partial charge >= 0.3 is 17.6 Å². The van der Waals surface area contributed by atoms with Crippen LogP contribution in [0.1, 0.15) is 68.2 Å². The van der Waals surface area contributed by atoms with Gasteiger partial charge in [-0.25, -0.2) is 0 Å². The van der Waals surface area contributed by atoms with E-state index in [9.17, 15) is 28.8 Å². The van der Waals surface area contributed by atoms with Gasteiger partial charge in [-0.2, -0.15) is 0 Å². The van der Waals surface area contributed by atoms with Crippen LogP contribution in [0.25, 0.3) is 0 Å². The topological polar surface area (TPSA) is 170 Å². The van der Waals surface area contributed by atoms with Crippen molar-refractivity contribution >= 4 is 53.4 Å². The van der Waals surface area contributed by atoms with E-state index in [-0.39, 0.29) is 12.8 Å². The second kappa shape index (κ2) is 13.0. The molecule has 188 valence electrons. The van der Waals surface area contributed by atoms with Crippen molar-refractivity contribution in [3.8, 4) is 0 Å². The van der Waals surface area contributed by atoms with E-state index in [1.807, 2.05) is 0 Å². The average molecular weight is 510 g/mol. The highest BCUT2D eigenvalue weighted by atomic mass is 28.4. The Morgan fingerprint density at radius 3 is 0.818 bits per heavy atom. The summed E-state index contributed by atoms with van der Waals surface area (Å²) in [7, 11) is -8.90. The highest BCUT2D eigenvalue weighted by Gasteiger charge is 2.64. The predicted molar refractivity (Wildman–Crippen MR) is 113 cm³/mol. The van der Waals surface area contributed by atoms with E-state index in [1.165, 1.54) is 0 Å². The van der Waals surface area contributed by atoms with Crippen molar-refractivity contribution in [1.29, 1.82) is 0 Å². The van der Waals surface area contributed by atoms with Crippen LogP contribution in [0.15, 0.2) is 0 Å². The van der Waals surface area contributed by atoms with Gasteiger partial charge in [-0.05, 0) is 12.8 Å². The van der Waals surface area contributed by atoms with Crippen molar-refractivity contribution in [3.05, 3.63) is 0 Å². The molecule has 0 aromatic heterocycles. The first kappa shape index (κ1) is 30.2. The Balaban J connectivity index is 6.66. The standard InChI is InChI=1S/C18H31NO12Si2/c1-9-17(32(26-11(3)20,27-12(4)21)28-13(5)22)19-18(10-2)33(29-14(6)23,30-15(7)24)31-16(8)25/h17-19H,9-10H2,1-8H3. The van der Waals surface area contributed by atoms with Crippen LogP contribution in [-0.2, 0) is 55.3 Å². The zero-order valence-corrected chi connectivity index (χ0v) is 22.0. The maximum atomic E-state index is 11.8. The summed E-state index contributed by atoms with van der Waals surface area (Å²) in [4.78, 5) is 71.0. The van der Waals surface area contributed by atoms with Gasteiger partial charge in [-0.15, -0.1) is 0 Å². The molecule has 0 heterocycles. The van der Waals surface area contributed by atoms with Gasteiger partial charge in [0, 0.05) is 41.5 Å². The number of carbonyl (C=O) groups excluding carboxylic acids is 6. The van der Waals surface area contributed by atoms with Crippen LogP contribution in [-0.4, -0.2) is 64.8 Å². The Hall–Kier alpha value is -2.79. The molecule has 0 spiro atoms. The van der Waals surface area contributed by atoms with E-state index in [1.54, 1.807) is 13.8 Å². The average Bonchev–Trinajstić information content (AvgIpc) is 2.58. The molecule has 13 nitrogen and oxygen atoms in total. The molecule has 0 aromatic rings. The summed E-state index contributed by atoms with van der Waals surface area (Å²) in [5.41, 5.74) is -2.26. The zero-order valence-electron chi connectivity index (χ0n) is 20.0. The van der Waals surface area contributed by atoms with Gasteiger partial charge in [0.2, 0.25) is 0 Å². The lowest BCUT2D eigenvalue weighted by Crippen LogP contribution is -2.71. The molecule has 0 bridgehead atoms.